The molecule has 1 fully saturated rings. The van der Waals surface area contributed by atoms with Crippen molar-refractivity contribution >= 4 is 17.4 Å². The SMILES string of the molecule is COc1ccc(/C(O)=C2/C(=O)C(=O)N(Cc3ccco3)C2c2cccnc2)c(OC)c1. The van der Waals surface area contributed by atoms with Crippen LogP contribution in [0.15, 0.2) is 71.1 Å². The second-order valence-electron chi connectivity index (χ2n) is 6.86. The van der Waals surface area contributed by atoms with Crippen LogP contribution in [-0.2, 0) is 16.1 Å². The molecule has 1 aromatic carbocycles. The summed E-state index contributed by atoms with van der Waals surface area (Å²) in [6, 6.07) is 10.8. The average Bonchev–Trinajstić information content (AvgIpc) is 3.41. The highest BCUT2D eigenvalue weighted by Gasteiger charge is 2.46. The number of carbonyl (C=O) groups is 2. The third-order valence-electron chi connectivity index (χ3n) is 5.11. The van der Waals surface area contributed by atoms with E-state index in [1.165, 1.54) is 25.4 Å². The molecule has 0 radical (unpaired) electrons. The number of furan rings is 1. The molecule has 1 atom stereocenters. The topological polar surface area (TPSA) is 102 Å². The van der Waals surface area contributed by atoms with E-state index in [1.807, 2.05) is 0 Å². The third-order valence-corrected chi connectivity index (χ3v) is 5.11. The number of nitrogens with zero attached hydrogens (tertiary/aromatic N) is 2. The van der Waals surface area contributed by atoms with Gasteiger partial charge in [-0.15, -0.1) is 0 Å². The Bertz CT molecular complexity index is 1140. The zero-order valence-electron chi connectivity index (χ0n) is 16.9. The lowest BCUT2D eigenvalue weighted by Gasteiger charge is -2.24. The number of ether oxygens (including phenoxy) is 2. The van der Waals surface area contributed by atoms with Gasteiger partial charge in [-0.05, 0) is 35.9 Å². The van der Waals surface area contributed by atoms with Gasteiger partial charge in [0.15, 0.2) is 0 Å². The zero-order valence-corrected chi connectivity index (χ0v) is 16.9. The molecule has 1 aliphatic heterocycles. The maximum Gasteiger partial charge on any atom is 0.296 e. The maximum absolute atomic E-state index is 13.0. The molecule has 1 saturated heterocycles. The highest BCUT2D eigenvalue weighted by Crippen LogP contribution is 2.42. The number of aliphatic hydroxyl groups is 1. The summed E-state index contributed by atoms with van der Waals surface area (Å²) in [5, 5.41) is 11.2. The largest absolute Gasteiger partial charge is 0.507 e. The molecular weight excluding hydrogens is 400 g/mol. The molecule has 3 aromatic rings. The van der Waals surface area contributed by atoms with Crippen LogP contribution in [-0.4, -0.2) is 40.9 Å². The molecule has 8 nitrogen and oxygen atoms in total. The van der Waals surface area contributed by atoms with Crippen molar-refractivity contribution in [3.63, 3.8) is 0 Å². The molecule has 8 heteroatoms. The highest BCUT2D eigenvalue weighted by atomic mass is 16.5. The van der Waals surface area contributed by atoms with E-state index in [2.05, 4.69) is 4.98 Å². The van der Waals surface area contributed by atoms with Crippen molar-refractivity contribution in [3.05, 3.63) is 83.6 Å². The number of hydrogen-bond donors (Lipinski definition) is 1. The first-order valence-electron chi connectivity index (χ1n) is 9.48. The summed E-state index contributed by atoms with van der Waals surface area (Å²) < 4.78 is 15.9. The Hall–Kier alpha value is -4.07. The third kappa shape index (κ3) is 3.63. The number of aliphatic hydroxyl groups excluding tert-OH is 1. The van der Waals surface area contributed by atoms with E-state index in [1.54, 1.807) is 54.9 Å². The minimum Gasteiger partial charge on any atom is -0.507 e. The number of Topliss-reactive ketones (excluding diaryl/α,β-unsaturated/α-hetero) is 1. The van der Waals surface area contributed by atoms with E-state index >= 15 is 0 Å². The summed E-state index contributed by atoms with van der Waals surface area (Å²) in [5.41, 5.74) is 0.809. The van der Waals surface area contributed by atoms with Gasteiger partial charge in [0.1, 0.15) is 23.0 Å². The van der Waals surface area contributed by atoms with Gasteiger partial charge in [0.2, 0.25) is 0 Å². The van der Waals surface area contributed by atoms with Crippen LogP contribution in [0.5, 0.6) is 11.5 Å². The number of pyridine rings is 1. The Morgan fingerprint density at radius 1 is 1.16 bits per heavy atom. The molecule has 1 aliphatic rings. The van der Waals surface area contributed by atoms with Gasteiger partial charge in [0.25, 0.3) is 11.7 Å². The van der Waals surface area contributed by atoms with E-state index in [-0.39, 0.29) is 23.4 Å². The van der Waals surface area contributed by atoms with Crippen molar-refractivity contribution in [2.45, 2.75) is 12.6 Å². The molecule has 2 aromatic heterocycles. The summed E-state index contributed by atoms with van der Waals surface area (Å²) in [7, 11) is 2.95. The van der Waals surface area contributed by atoms with Gasteiger partial charge in [0.05, 0.1) is 44.2 Å². The molecule has 1 amide bonds. The molecule has 31 heavy (non-hydrogen) atoms. The number of benzene rings is 1. The van der Waals surface area contributed by atoms with E-state index in [0.717, 1.165) is 0 Å². The van der Waals surface area contributed by atoms with Crippen LogP contribution in [0.25, 0.3) is 5.76 Å². The smallest absolute Gasteiger partial charge is 0.296 e. The van der Waals surface area contributed by atoms with Gasteiger partial charge in [-0.25, -0.2) is 0 Å². The summed E-state index contributed by atoms with van der Waals surface area (Å²) in [4.78, 5) is 31.5. The minimum atomic E-state index is -0.842. The van der Waals surface area contributed by atoms with Gasteiger partial charge >= 0.3 is 0 Å². The molecule has 0 saturated carbocycles. The quantitative estimate of drug-likeness (QED) is 0.371. The molecule has 158 valence electrons. The number of carbonyl (C=O) groups excluding carboxylic acids is 2. The van der Waals surface area contributed by atoms with Crippen molar-refractivity contribution in [1.29, 1.82) is 0 Å². The fraction of sp³-hybridized carbons (Fsp3) is 0.174. The number of amides is 1. The maximum atomic E-state index is 13.0. The highest BCUT2D eigenvalue weighted by molar-refractivity contribution is 6.46. The Labute approximate surface area is 178 Å². The van der Waals surface area contributed by atoms with Crippen molar-refractivity contribution in [3.8, 4) is 11.5 Å². The van der Waals surface area contributed by atoms with E-state index in [9.17, 15) is 14.7 Å². The lowest BCUT2D eigenvalue weighted by Crippen LogP contribution is -2.29. The Morgan fingerprint density at radius 3 is 2.65 bits per heavy atom. The van der Waals surface area contributed by atoms with Gasteiger partial charge in [-0.2, -0.15) is 0 Å². The molecule has 1 unspecified atom stereocenters. The lowest BCUT2D eigenvalue weighted by molar-refractivity contribution is -0.140. The number of likely N-dealkylation sites (tertiary alicyclic amines) is 1. The molecular formula is C23H20N2O6. The van der Waals surface area contributed by atoms with Crippen LogP contribution in [0.2, 0.25) is 0 Å². The normalized spacial score (nSPS) is 17.7. The molecule has 0 bridgehead atoms. The van der Waals surface area contributed by atoms with Crippen molar-refractivity contribution in [1.82, 2.24) is 9.88 Å². The fourth-order valence-corrected chi connectivity index (χ4v) is 3.64. The lowest BCUT2D eigenvalue weighted by atomic mass is 9.96. The predicted molar refractivity (Wildman–Crippen MR) is 110 cm³/mol. The van der Waals surface area contributed by atoms with E-state index < -0.39 is 17.7 Å². The van der Waals surface area contributed by atoms with Crippen LogP contribution in [0.3, 0.4) is 0 Å². The molecule has 0 spiro atoms. The number of rotatable bonds is 6. The number of ketones is 1. The van der Waals surface area contributed by atoms with E-state index in [4.69, 9.17) is 13.9 Å². The van der Waals surface area contributed by atoms with E-state index in [0.29, 0.717) is 22.8 Å². The van der Waals surface area contributed by atoms with Gasteiger partial charge in [0, 0.05) is 18.5 Å². The molecule has 1 N–H and O–H groups in total. The van der Waals surface area contributed by atoms with Crippen LogP contribution < -0.4 is 9.47 Å². The summed E-state index contributed by atoms with van der Waals surface area (Å²) >= 11 is 0. The van der Waals surface area contributed by atoms with Gasteiger partial charge in [-0.3, -0.25) is 14.6 Å². The van der Waals surface area contributed by atoms with Crippen LogP contribution in [0.4, 0.5) is 0 Å². The van der Waals surface area contributed by atoms with Crippen LogP contribution in [0.1, 0.15) is 22.9 Å². The second kappa shape index (κ2) is 8.35. The van der Waals surface area contributed by atoms with Crippen LogP contribution >= 0.6 is 0 Å². The van der Waals surface area contributed by atoms with Gasteiger partial charge < -0.3 is 23.9 Å². The Morgan fingerprint density at radius 2 is 2.00 bits per heavy atom. The molecule has 4 rings (SSSR count). The second-order valence-corrected chi connectivity index (χ2v) is 6.86. The van der Waals surface area contributed by atoms with Crippen LogP contribution in [0, 0.1) is 0 Å². The Balaban J connectivity index is 1.88. The zero-order chi connectivity index (χ0) is 22.0. The summed E-state index contributed by atoms with van der Waals surface area (Å²) in [6.45, 7) is 0.0632. The monoisotopic (exact) mass is 420 g/mol. The number of aromatic nitrogens is 1. The average molecular weight is 420 g/mol. The first-order valence-corrected chi connectivity index (χ1v) is 9.48. The van der Waals surface area contributed by atoms with Gasteiger partial charge in [-0.1, -0.05) is 6.07 Å². The van der Waals surface area contributed by atoms with Crippen molar-refractivity contribution in [2.75, 3.05) is 14.2 Å². The number of methoxy groups -OCH3 is 2. The first kappa shape index (κ1) is 20.2. The summed E-state index contributed by atoms with van der Waals surface area (Å²) in [5.74, 6) is -0.531. The van der Waals surface area contributed by atoms with Crippen molar-refractivity contribution < 1.29 is 28.6 Å². The fourth-order valence-electron chi connectivity index (χ4n) is 3.64. The first-order chi connectivity index (χ1) is 15.0. The summed E-state index contributed by atoms with van der Waals surface area (Å²) in [6.07, 6.45) is 4.64. The Kier molecular flexibility index (Phi) is 5.44. The molecule has 0 aliphatic carbocycles. The van der Waals surface area contributed by atoms with Crippen molar-refractivity contribution in [2.24, 2.45) is 0 Å². The number of hydrogen-bond acceptors (Lipinski definition) is 7. The predicted octanol–water partition coefficient (Wildman–Crippen LogP) is 3.31. The standard InChI is InChI=1S/C23H20N2O6/c1-29-15-7-8-17(18(11-15)30-2)21(26)19-20(14-5-3-9-24-12-14)25(23(28)22(19)27)13-16-6-4-10-31-16/h3-12,20,26H,13H2,1-2H3/b21-19-. The minimum absolute atomic E-state index is 0.0481. The molecule has 3 heterocycles.